The standard InChI is InChI=1S/C27H46O8/c1-23(2,32)11-10-22(31)26(5,34)21-9-13-27(35)18-14-16(28)6-7-19(29)20(30)15-25(4,33)17(18)8-12-24(21,27)3/h14,17,19-22,29-35H,6-13,15H2,1-5H3/b18-14+/t17?,19-,20+,21+,22-,24-,25-,26-,27-/m1/s1. The van der Waals surface area contributed by atoms with E-state index in [0.29, 0.717) is 31.3 Å². The second-order valence-electron chi connectivity index (χ2n) is 12.9. The second-order valence-corrected chi connectivity index (χ2v) is 12.9. The van der Waals surface area contributed by atoms with Crippen LogP contribution in [0.15, 0.2) is 11.6 Å². The van der Waals surface area contributed by atoms with Crippen LogP contribution in [-0.4, -0.2) is 82.2 Å². The average molecular weight is 499 g/mol. The van der Waals surface area contributed by atoms with Gasteiger partial charge in [0.2, 0.25) is 0 Å². The number of rotatable bonds is 5. The molecular weight excluding hydrogens is 452 g/mol. The van der Waals surface area contributed by atoms with Crippen molar-refractivity contribution < 1.29 is 40.5 Å². The van der Waals surface area contributed by atoms with Gasteiger partial charge in [-0.15, -0.1) is 0 Å². The Morgan fingerprint density at radius 1 is 1.03 bits per heavy atom. The normalized spacial score (nSPS) is 45.0. The molecule has 202 valence electrons. The third-order valence-electron chi connectivity index (χ3n) is 9.54. The predicted molar refractivity (Wildman–Crippen MR) is 130 cm³/mol. The SMILES string of the molecule is CC(C)(O)CC[C@@H](O)[C@](C)(O)[C@H]1CC[C@@]2(O)/C3=C/C(=O)CC[C@@H](O)[C@@H](O)C[C@@](C)(O)C3CC[C@]12C. The van der Waals surface area contributed by atoms with Crippen LogP contribution in [0.5, 0.6) is 0 Å². The number of carbonyl (C=O) groups is 1. The summed E-state index contributed by atoms with van der Waals surface area (Å²) in [5.41, 5.74) is -5.92. The van der Waals surface area contributed by atoms with Gasteiger partial charge in [-0.3, -0.25) is 4.79 Å². The maximum Gasteiger partial charge on any atom is 0.155 e. The van der Waals surface area contributed by atoms with E-state index in [9.17, 15) is 40.5 Å². The number of carbonyl (C=O) groups excluding carboxylic acids is 1. The minimum Gasteiger partial charge on any atom is -0.390 e. The van der Waals surface area contributed by atoms with Gasteiger partial charge < -0.3 is 35.7 Å². The maximum absolute atomic E-state index is 12.8. The quantitative estimate of drug-likeness (QED) is 0.299. The molecule has 0 bridgehead atoms. The Morgan fingerprint density at radius 2 is 1.66 bits per heavy atom. The van der Waals surface area contributed by atoms with Crippen molar-refractivity contribution in [3.05, 3.63) is 11.6 Å². The third-order valence-corrected chi connectivity index (χ3v) is 9.54. The Kier molecular flexibility index (Phi) is 7.76. The van der Waals surface area contributed by atoms with Gasteiger partial charge >= 0.3 is 0 Å². The van der Waals surface area contributed by atoms with Gasteiger partial charge in [0, 0.05) is 24.2 Å². The van der Waals surface area contributed by atoms with Crippen LogP contribution in [-0.2, 0) is 4.79 Å². The van der Waals surface area contributed by atoms with E-state index < -0.39 is 58.0 Å². The minimum absolute atomic E-state index is 0.0141. The number of fused-ring (bicyclic) bond motifs is 3. The van der Waals surface area contributed by atoms with Crippen molar-refractivity contribution in [3.8, 4) is 0 Å². The molecule has 0 heterocycles. The highest BCUT2D eigenvalue weighted by Crippen LogP contribution is 2.65. The average Bonchev–Trinajstić information content (AvgIpc) is 3.01. The van der Waals surface area contributed by atoms with E-state index in [2.05, 4.69) is 0 Å². The lowest BCUT2D eigenvalue weighted by molar-refractivity contribution is -0.172. The lowest BCUT2D eigenvalue weighted by Crippen LogP contribution is -2.60. The van der Waals surface area contributed by atoms with E-state index in [0.717, 1.165) is 0 Å². The maximum atomic E-state index is 12.8. The molecule has 0 saturated heterocycles. The topological polar surface area (TPSA) is 159 Å². The van der Waals surface area contributed by atoms with E-state index in [1.165, 1.54) is 6.08 Å². The van der Waals surface area contributed by atoms with Crippen LogP contribution in [0.3, 0.4) is 0 Å². The molecule has 0 aromatic rings. The van der Waals surface area contributed by atoms with Gasteiger partial charge in [0.05, 0.1) is 40.7 Å². The predicted octanol–water partition coefficient (Wildman–Crippen LogP) is 1.36. The molecule has 0 aromatic carbocycles. The second kappa shape index (κ2) is 9.46. The van der Waals surface area contributed by atoms with Crippen LogP contribution in [0.4, 0.5) is 0 Å². The smallest absolute Gasteiger partial charge is 0.155 e. The van der Waals surface area contributed by atoms with E-state index in [1.807, 2.05) is 6.92 Å². The van der Waals surface area contributed by atoms with Gasteiger partial charge in [0.25, 0.3) is 0 Å². The van der Waals surface area contributed by atoms with Crippen molar-refractivity contribution in [1.29, 1.82) is 0 Å². The van der Waals surface area contributed by atoms with Gasteiger partial charge in [0.15, 0.2) is 5.78 Å². The molecule has 0 radical (unpaired) electrons. The van der Waals surface area contributed by atoms with Crippen molar-refractivity contribution in [2.75, 3.05) is 0 Å². The van der Waals surface area contributed by atoms with Crippen molar-refractivity contribution >= 4 is 5.78 Å². The summed E-state index contributed by atoms with van der Waals surface area (Å²) >= 11 is 0. The van der Waals surface area contributed by atoms with Crippen LogP contribution < -0.4 is 0 Å². The summed E-state index contributed by atoms with van der Waals surface area (Å²) in [7, 11) is 0. The van der Waals surface area contributed by atoms with Gasteiger partial charge in [-0.2, -0.15) is 0 Å². The highest BCUT2D eigenvalue weighted by atomic mass is 16.3. The molecule has 2 fully saturated rings. The van der Waals surface area contributed by atoms with Crippen LogP contribution in [0.1, 0.15) is 92.4 Å². The lowest BCUT2D eigenvalue weighted by Gasteiger charge is -2.56. The Balaban J connectivity index is 1.99. The van der Waals surface area contributed by atoms with Crippen LogP contribution in [0, 0.1) is 17.3 Å². The molecule has 0 amide bonds. The lowest BCUT2D eigenvalue weighted by atomic mass is 9.52. The monoisotopic (exact) mass is 498 g/mol. The molecule has 7 N–H and O–H groups in total. The number of hydrogen-bond donors (Lipinski definition) is 7. The number of aliphatic hydroxyl groups is 7. The summed E-state index contributed by atoms with van der Waals surface area (Å²) in [4.78, 5) is 12.8. The van der Waals surface area contributed by atoms with Gasteiger partial charge in [-0.05, 0) is 90.2 Å². The molecule has 0 aromatic heterocycles. The first kappa shape index (κ1) is 28.7. The fourth-order valence-electron chi connectivity index (χ4n) is 7.24. The number of allylic oxidation sites excluding steroid dienone is 1. The molecule has 3 aliphatic carbocycles. The fraction of sp³-hybridized carbons (Fsp3) is 0.889. The summed E-state index contributed by atoms with van der Waals surface area (Å²) < 4.78 is 0. The molecule has 0 spiro atoms. The summed E-state index contributed by atoms with van der Waals surface area (Å²) in [5.74, 6) is -1.37. The van der Waals surface area contributed by atoms with E-state index in [-0.39, 0.29) is 37.9 Å². The molecule has 8 nitrogen and oxygen atoms in total. The first-order valence-electron chi connectivity index (χ1n) is 13.0. The number of ketones is 1. The molecule has 3 aliphatic rings. The van der Waals surface area contributed by atoms with E-state index >= 15 is 0 Å². The molecule has 3 rings (SSSR count). The van der Waals surface area contributed by atoms with Crippen molar-refractivity contribution in [2.45, 2.75) is 133 Å². The fourth-order valence-corrected chi connectivity index (χ4v) is 7.24. The Labute approximate surface area is 208 Å². The molecule has 2 saturated carbocycles. The molecular formula is C27H46O8. The highest BCUT2D eigenvalue weighted by Gasteiger charge is 2.67. The zero-order chi connectivity index (χ0) is 26.6. The third kappa shape index (κ3) is 5.26. The summed E-state index contributed by atoms with van der Waals surface area (Å²) in [6.45, 7) is 8.33. The highest BCUT2D eigenvalue weighted by molar-refractivity contribution is 5.90. The molecule has 1 unspecified atom stereocenters. The van der Waals surface area contributed by atoms with Crippen LogP contribution in [0.2, 0.25) is 0 Å². The Morgan fingerprint density at radius 3 is 2.26 bits per heavy atom. The molecule has 8 heteroatoms. The summed E-state index contributed by atoms with van der Waals surface area (Å²) in [5, 5.41) is 76.8. The van der Waals surface area contributed by atoms with E-state index in [4.69, 9.17) is 0 Å². The van der Waals surface area contributed by atoms with Gasteiger partial charge in [0.1, 0.15) is 0 Å². The minimum atomic E-state index is -1.54. The molecule has 9 atom stereocenters. The first-order chi connectivity index (χ1) is 15.8. The number of aliphatic hydroxyl groups excluding tert-OH is 3. The van der Waals surface area contributed by atoms with Crippen molar-refractivity contribution in [2.24, 2.45) is 17.3 Å². The number of hydrogen-bond acceptors (Lipinski definition) is 8. The van der Waals surface area contributed by atoms with Crippen molar-refractivity contribution in [3.63, 3.8) is 0 Å². The largest absolute Gasteiger partial charge is 0.390 e. The molecule has 0 aliphatic heterocycles. The first-order valence-corrected chi connectivity index (χ1v) is 13.0. The van der Waals surface area contributed by atoms with Gasteiger partial charge in [-0.25, -0.2) is 0 Å². The van der Waals surface area contributed by atoms with E-state index in [1.54, 1.807) is 27.7 Å². The summed E-state index contributed by atoms with van der Waals surface area (Å²) in [6.07, 6.45) is 0.0136. The van der Waals surface area contributed by atoms with Gasteiger partial charge in [-0.1, -0.05) is 6.92 Å². The van der Waals surface area contributed by atoms with Crippen LogP contribution in [0.25, 0.3) is 0 Å². The van der Waals surface area contributed by atoms with Crippen molar-refractivity contribution in [1.82, 2.24) is 0 Å². The zero-order valence-electron chi connectivity index (χ0n) is 21.9. The molecule has 35 heavy (non-hydrogen) atoms. The Hall–Kier alpha value is -0.870. The zero-order valence-corrected chi connectivity index (χ0v) is 21.9. The van der Waals surface area contributed by atoms with Crippen LogP contribution >= 0.6 is 0 Å². The summed E-state index contributed by atoms with van der Waals surface area (Å²) in [6, 6.07) is 0. The Bertz CT molecular complexity index is 828.